The van der Waals surface area contributed by atoms with Gasteiger partial charge in [-0.2, -0.15) is 0 Å². The van der Waals surface area contributed by atoms with Gasteiger partial charge < -0.3 is 20.1 Å². The van der Waals surface area contributed by atoms with Crippen molar-refractivity contribution in [2.45, 2.75) is 85.4 Å². The van der Waals surface area contributed by atoms with Gasteiger partial charge in [-0.1, -0.05) is 20.8 Å². The molecule has 0 rings (SSSR count). The Bertz CT molecular complexity index is 355. The first-order valence-electron chi connectivity index (χ1n) is 9.83. The van der Waals surface area contributed by atoms with Crippen LogP contribution in [0.15, 0.2) is 0 Å². The summed E-state index contributed by atoms with van der Waals surface area (Å²) in [5.74, 6) is 0.757. The molecule has 0 unspecified atom stereocenters. The van der Waals surface area contributed by atoms with Crippen molar-refractivity contribution >= 4 is 5.91 Å². The summed E-state index contributed by atoms with van der Waals surface area (Å²) in [6.45, 7) is 18.0. The summed E-state index contributed by atoms with van der Waals surface area (Å²) in [5, 5.41) is 6.02. The molecule has 0 saturated heterocycles. The van der Waals surface area contributed by atoms with Crippen molar-refractivity contribution in [1.29, 1.82) is 0 Å². The number of carbonyl (C=O) groups is 1. The molecule has 0 fully saturated rings. The smallest absolute Gasteiger partial charge is 0.233 e. The van der Waals surface area contributed by atoms with Crippen molar-refractivity contribution in [3.8, 4) is 0 Å². The van der Waals surface area contributed by atoms with Crippen molar-refractivity contribution < 1.29 is 14.3 Å². The van der Waals surface area contributed by atoms with Gasteiger partial charge in [0.25, 0.3) is 0 Å². The second-order valence-electron chi connectivity index (χ2n) is 8.43. The van der Waals surface area contributed by atoms with E-state index in [1.54, 1.807) is 0 Å². The van der Waals surface area contributed by atoms with E-state index in [2.05, 4.69) is 52.2 Å². The highest BCUT2D eigenvalue weighted by molar-refractivity contribution is 5.77. The first kappa shape index (κ1) is 24.4. The van der Waals surface area contributed by atoms with E-state index in [0.29, 0.717) is 25.7 Å². The van der Waals surface area contributed by atoms with E-state index in [0.717, 1.165) is 32.4 Å². The van der Waals surface area contributed by atoms with E-state index in [9.17, 15) is 4.79 Å². The van der Waals surface area contributed by atoms with E-state index in [4.69, 9.17) is 9.47 Å². The lowest BCUT2D eigenvalue weighted by atomic mass is 9.97. The fraction of sp³-hybridized carbons (Fsp3) is 0.950. The molecular formula is C20H42N2O3. The van der Waals surface area contributed by atoms with E-state index < -0.39 is 0 Å². The van der Waals surface area contributed by atoms with E-state index >= 15 is 0 Å². The van der Waals surface area contributed by atoms with Gasteiger partial charge in [0.15, 0.2) is 0 Å². The SMILES string of the molecule is CCCNC(=O)CNCCC(C)(C)OCCOC(C)(C)CCC(C)C. The molecule has 0 atom stereocenters. The first-order valence-corrected chi connectivity index (χ1v) is 9.83. The van der Waals surface area contributed by atoms with Crippen LogP contribution in [0, 0.1) is 5.92 Å². The molecule has 0 saturated carbocycles. The lowest BCUT2D eigenvalue weighted by molar-refractivity contribution is -0.120. The highest BCUT2D eigenvalue weighted by atomic mass is 16.5. The Morgan fingerprint density at radius 2 is 1.52 bits per heavy atom. The second-order valence-corrected chi connectivity index (χ2v) is 8.43. The fourth-order valence-corrected chi connectivity index (χ4v) is 2.33. The third kappa shape index (κ3) is 15.3. The van der Waals surface area contributed by atoms with Crippen LogP contribution < -0.4 is 10.6 Å². The van der Waals surface area contributed by atoms with Gasteiger partial charge in [0.05, 0.1) is 31.0 Å². The maximum absolute atomic E-state index is 11.5. The summed E-state index contributed by atoms with van der Waals surface area (Å²) in [4.78, 5) is 11.5. The molecule has 5 heteroatoms. The summed E-state index contributed by atoms with van der Waals surface area (Å²) in [5.41, 5.74) is -0.316. The molecule has 0 aliphatic heterocycles. The summed E-state index contributed by atoms with van der Waals surface area (Å²) in [7, 11) is 0. The maximum atomic E-state index is 11.5. The minimum absolute atomic E-state index is 0.0533. The Balaban J connectivity index is 3.81. The standard InChI is InChI=1S/C20H42N2O3/c1-8-12-22-18(23)16-21-13-11-20(6,7)25-15-14-24-19(4,5)10-9-17(2)3/h17,21H,8-16H2,1-7H3,(H,22,23). The number of hydrogen-bond donors (Lipinski definition) is 2. The Kier molecular flexibility index (Phi) is 12.3. The van der Waals surface area contributed by atoms with E-state index in [1.165, 1.54) is 6.42 Å². The van der Waals surface area contributed by atoms with Gasteiger partial charge in [-0.15, -0.1) is 0 Å². The van der Waals surface area contributed by atoms with Gasteiger partial charge in [0.2, 0.25) is 5.91 Å². The van der Waals surface area contributed by atoms with Crippen LogP contribution in [0.25, 0.3) is 0 Å². The largest absolute Gasteiger partial charge is 0.373 e. The molecule has 0 bridgehead atoms. The molecule has 1 amide bonds. The Morgan fingerprint density at radius 1 is 0.960 bits per heavy atom. The number of ether oxygens (including phenoxy) is 2. The minimum Gasteiger partial charge on any atom is -0.373 e. The van der Waals surface area contributed by atoms with Crippen LogP contribution >= 0.6 is 0 Å². The lowest BCUT2D eigenvalue weighted by Crippen LogP contribution is -2.37. The third-order valence-corrected chi connectivity index (χ3v) is 4.15. The van der Waals surface area contributed by atoms with Crippen LogP contribution in [0.1, 0.15) is 74.1 Å². The van der Waals surface area contributed by atoms with Crippen LogP contribution in [0.3, 0.4) is 0 Å². The van der Waals surface area contributed by atoms with Gasteiger partial charge in [-0.3, -0.25) is 4.79 Å². The fourth-order valence-electron chi connectivity index (χ4n) is 2.33. The number of amides is 1. The van der Waals surface area contributed by atoms with Crippen LogP contribution in [0.5, 0.6) is 0 Å². The van der Waals surface area contributed by atoms with Gasteiger partial charge in [-0.05, 0) is 65.8 Å². The van der Waals surface area contributed by atoms with Crippen LogP contribution in [0.2, 0.25) is 0 Å². The Morgan fingerprint density at radius 3 is 2.04 bits per heavy atom. The van der Waals surface area contributed by atoms with Crippen LogP contribution in [-0.4, -0.2) is 50.0 Å². The molecule has 0 aromatic carbocycles. The van der Waals surface area contributed by atoms with Gasteiger partial charge >= 0.3 is 0 Å². The molecule has 0 aliphatic carbocycles. The monoisotopic (exact) mass is 358 g/mol. The molecular weight excluding hydrogens is 316 g/mol. The number of carbonyl (C=O) groups excluding carboxylic acids is 1. The Labute approximate surface area is 155 Å². The van der Waals surface area contributed by atoms with Crippen molar-refractivity contribution in [2.75, 3.05) is 32.8 Å². The lowest BCUT2D eigenvalue weighted by Gasteiger charge is -2.29. The van der Waals surface area contributed by atoms with Crippen molar-refractivity contribution in [1.82, 2.24) is 10.6 Å². The zero-order valence-electron chi connectivity index (χ0n) is 17.7. The molecule has 5 nitrogen and oxygen atoms in total. The van der Waals surface area contributed by atoms with E-state index in [1.807, 2.05) is 6.92 Å². The van der Waals surface area contributed by atoms with Crippen molar-refractivity contribution in [3.05, 3.63) is 0 Å². The average Bonchev–Trinajstić information content (AvgIpc) is 2.52. The quantitative estimate of drug-likeness (QED) is 0.440. The molecule has 0 aromatic rings. The summed E-state index contributed by atoms with van der Waals surface area (Å²) in [6, 6.07) is 0. The van der Waals surface area contributed by atoms with Gasteiger partial charge in [-0.25, -0.2) is 0 Å². The topological polar surface area (TPSA) is 59.6 Å². The maximum Gasteiger partial charge on any atom is 0.233 e. The molecule has 0 aliphatic rings. The van der Waals surface area contributed by atoms with Gasteiger partial charge in [0, 0.05) is 6.54 Å². The van der Waals surface area contributed by atoms with Crippen LogP contribution in [-0.2, 0) is 14.3 Å². The second kappa shape index (κ2) is 12.7. The summed E-state index contributed by atoms with van der Waals surface area (Å²) in [6.07, 6.45) is 4.06. The predicted molar refractivity (Wildman–Crippen MR) is 105 cm³/mol. The number of hydrogen-bond acceptors (Lipinski definition) is 4. The third-order valence-electron chi connectivity index (χ3n) is 4.15. The average molecular weight is 359 g/mol. The Hall–Kier alpha value is -0.650. The minimum atomic E-state index is -0.224. The molecule has 150 valence electrons. The summed E-state index contributed by atoms with van der Waals surface area (Å²) < 4.78 is 11.9. The zero-order valence-corrected chi connectivity index (χ0v) is 17.7. The zero-order chi connectivity index (χ0) is 19.3. The molecule has 0 heterocycles. The highest BCUT2D eigenvalue weighted by Gasteiger charge is 2.21. The van der Waals surface area contributed by atoms with Crippen molar-refractivity contribution in [3.63, 3.8) is 0 Å². The van der Waals surface area contributed by atoms with Crippen LogP contribution in [0.4, 0.5) is 0 Å². The first-order chi connectivity index (χ1) is 11.6. The number of rotatable bonds is 15. The van der Waals surface area contributed by atoms with Crippen molar-refractivity contribution in [2.24, 2.45) is 5.92 Å². The molecule has 2 N–H and O–H groups in total. The number of nitrogens with one attached hydrogen (secondary N) is 2. The highest BCUT2D eigenvalue weighted by Crippen LogP contribution is 2.20. The van der Waals surface area contributed by atoms with E-state index in [-0.39, 0.29) is 17.1 Å². The molecule has 0 radical (unpaired) electrons. The normalized spacial score (nSPS) is 12.6. The summed E-state index contributed by atoms with van der Waals surface area (Å²) >= 11 is 0. The molecule has 0 spiro atoms. The predicted octanol–water partition coefficient (Wildman–Crippen LogP) is 3.52. The molecule has 25 heavy (non-hydrogen) atoms. The van der Waals surface area contributed by atoms with Gasteiger partial charge in [0.1, 0.15) is 0 Å². The molecule has 0 aromatic heterocycles.